The zero-order valence-electron chi connectivity index (χ0n) is 12.4. The molecule has 0 atom stereocenters. The van der Waals surface area contributed by atoms with Crippen molar-refractivity contribution < 1.29 is 9.05 Å². The monoisotopic (exact) mass is 307 g/mol. The summed E-state index contributed by atoms with van der Waals surface area (Å²) in [5.74, 6) is 2.17. The quantitative estimate of drug-likeness (QED) is 0.623. The van der Waals surface area contributed by atoms with Gasteiger partial charge in [-0.15, -0.1) is 0 Å². The number of hydrogen-bond acceptors (Lipinski definition) is 6. The van der Waals surface area contributed by atoms with Crippen LogP contribution in [0.2, 0.25) is 0 Å². The van der Waals surface area contributed by atoms with Gasteiger partial charge in [-0.05, 0) is 25.8 Å². The number of hydrogen-bond donors (Lipinski definition) is 1. The molecule has 3 heterocycles. The predicted molar refractivity (Wildman–Crippen MR) is 81.6 cm³/mol. The summed E-state index contributed by atoms with van der Waals surface area (Å²) >= 11 is 0. The Morgan fingerprint density at radius 1 is 1.13 bits per heavy atom. The highest BCUT2D eigenvalue weighted by atomic mass is 16.5. The molecule has 0 aliphatic heterocycles. The molecule has 0 amide bonds. The van der Waals surface area contributed by atoms with Crippen molar-refractivity contribution in [2.45, 2.75) is 25.7 Å². The van der Waals surface area contributed by atoms with Crippen molar-refractivity contribution in [3.63, 3.8) is 0 Å². The van der Waals surface area contributed by atoms with Gasteiger partial charge in [-0.2, -0.15) is 10.1 Å². The van der Waals surface area contributed by atoms with Gasteiger partial charge in [0.15, 0.2) is 5.76 Å². The molecular weight excluding hydrogens is 294 g/mol. The molecule has 0 saturated heterocycles. The molecule has 0 radical (unpaired) electrons. The van der Waals surface area contributed by atoms with Gasteiger partial charge in [0.05, 0.1) is 11.2 Å². The zero-order valence-corrected chi connectivity index (χ0v) is 12.4. The average molecular weight is 307 g/mol. The van der Waals surface area contributed by atoms with E-state index in [1.807, 2.05) is 31.2 Å². The van der Waals surface area contributed by atoms with E-state index in [1.165, 1.54) is 0 Å². The number of aromatic nitrogens is 5. The van der Waals surface area contributed by atoms with E-state index < -0.39 is 0 Å². The Labute approximate surface area is 130 Å². The van der Waals surface area contributed by atoms with Crippen molar-refractivity contribution in [3.8, 4) is 23.0 Å². The van der Waals surface area contributed by atoms with Gasteiger partial charge in [0.25, 0.3) is 5.89 Å². The fraction of sp³-hybridized carbons (Fsp3) is 0.250. The topological polar surface area (TPSA) is 93.6 Å². The van der Waals surface area contributed by atoms with Gasteiger partial charge >= 0.3 is 0 Å². The molecule has 5 rings (SSSR count). The fourth-order valence-corrected chi connectivity index (χ4v) is 2.83. The number of nitrogens with one attached hydrogen (secondary N) is 1. The summed E-state index contributed by atoms with van der Waals surface area (Å²) in [7, 11) is 0. The van der Waals surface area contributed by atoms with Crippen LogP contribution in [-0.2, 0) is 0 Å². The minimum Gasteiger partial charge on any atom is -0.360 e. The van der Waals surface area contributed by atoms with E-state index in [0.717, 1.165) is 40.8 Å². The van der Waals surface area contributed by atoms with Gasteiger partial charge in [-0.25, -0.2) is 0 Å². The molecule has 0 bridgehead atoms. The maximum Gasteiger partial charge on any atom is 0.263 e. The van der Waals surface area contributed by atoms with E-state index in [4.69, 9.17) is 9.05 Å². The van der Waals surface area contributed by atoms with E-state index in [-0.39, 0.29) is 0 Å². The number of aryl methyl sites for hydroxylation is 1. The molecule has 1 N–H and O–H groups in total. The molecule has 1 aliphatic rings. The molecular formula is C16H13N5O2. The number of rotatable bonds is 3. The molecule has 1 aliphatic carbocycles. The molecule has 0 unspecified atom stereocenters. The van der Waals surface area contributed by atoms with Crippen LogP contribution in [0.1, 0.15) is 30.2 Å². The van der Waals surface area contributed by atoms with Gasteiger partial charge in [0.1, 0.15) is 11.3 Å². The molecule has 1 aromatic carbocycles. The lowest BCUT2D eigenvalue weighted by Gasteiger charge is -1.93. The second-order valence-electron chi connectivity index (χ2n) is 5.82. The van der Waals surface area contributed by atoms with Crippen molar-refractivity contribution >= 4 is 10.9 Å². The lowest BCUT2D eigenvalue weighted by molar-refractivity contribution is 0.379. The highest BCUT2D eigenvalue weighted by molar-refractivity contribution is 5.91. The summed E-state index contributed by atoms with van der Waals surface area (Å²) in [5.41, 5.74) is 3.21. The lowest BCUT2D eigenvalue weighted by Crippen LogP contribution is -1.86. The smallest absolute Gasteiger partial charge is 0.263 e. The number of aromatic amines is 1. The van der Waals surface area contributed by atoms with E-state index in [2.05, 4.69) is 25.5 Å². The number of nitrogens with zero attached hydrogens (tertiary/aromatic N) is 4. The Morgan fingerprint density at radius 3 is 2.87 bits per heavy atom. The van der Waals surface area contributed by atoms with E-state index in [0.29, 0.717) is 23.3 Å². The number of fused-ring (bicyclic) bond motifs is 1. The summed E-state index contributed by atoms with van der Waals surface area (Å²) in [5, 5.41) is 16.4. The molecule has 7 nitrogen and oxygen atoms in total. The summed E-state index contributed by atoms with van der Waals surface area (Å²) < 4.78 is 10.9. The Bertz CT molecular complexity index is 1010. The largest absolute Gasteiger partial charge is 0.360 e. The van der Waals surface area contributed by atoms with Crippen LogP contribution in [0.15, 0.2) is 33.3 Å². The summed E-state index contributed by atoms with van der Waals surface area (Å²) in [6, 6.07) is 7.85. The van der Waals surface area contributed by atoms with E-state index in [9.17, 15) is 0 Å². The molecule has 114 valence electrons. The minimum atomic E-state index is 0.424. The number of H-pyrrole nitrogens is 1. The standard InChI is InChI=1S/C16H13N5O2/c1-8-12(14(22-20-8)9-6-7-9)16-17-15(21-23-16)13-10-4-2-3-5-11(10)18-19-13/h2-5,9H,6-7H2,1H3,(H,18,19). The molecule has 1 fully saturated rings. The Morgan fingerprint density at radius 2 is 2.00 bits per heavy atom. The van der Waals surface area contributed by atoms with Crippen LogP contribution in [0.5, 0.6) is 0 Å². The van der Waals surface area contributed by atoms with Crippen LogP contribution in [0.4, 0.5) is 0 Å². The normalized spacial score (nSPS) is 14.7. The summed E-state index contributed by atoms with van der Waals surface area (Å²) in [6.07, 6.45) is 2.24. The van der Waals surface area contributed by atoms with Crippen LogP contribution in [0.25, 0.3) is 33.9 Å². The first-order valence-electron chi connectivity index (χ1n) is 7.55. The van der Waals surface area contributed by atoms with Crippen molar-refractivity contribution in [1.29, 1.82) is 0 Å². The zero-order chi connectivity index (χ0) is 15.4. The molecule has 4 aromatic rings. The predicted octanol–water partition coefficient (Wildman–Crippen LogP) is 3.45. The van der Waals surface area contributed by atoms with Crippen LogP contribution >= 0.6 is 0 Å². The number of para-hydroxylation sites is 1. The highest BCUT2D eigenvalue weighted by Crippen LogP contribution is 2.45. The lowest BCUT2D eigenvalue weighted by atomic mass is 10.1. The maximum atomic E-state index is 5.47. The third kappa shape index (κ3) is 1.89. The van der Waals surface area contributed by atoms with Crippen molar-refractivity contribution in [2.75, 3.05) is 0 Å². The Kier molecular flexibility index (Phi) is 2.47. The first kappa shape index (κ1) is 12.6. The van der Waals surface area contributed by atoms with Crippen molar-refractivity contribution in [1.82, 2.24) is 25.5 Å². The Hall–Kier alpha value is -2.96. The molecule has 7 heteroatoms. The van der Waals surface area contributed by atoms with Crippen molar-refractivity contribution in [3.05, 3.63) is 35.7 Å². The Balaban J connectivity index is 1.62. The van der Waals surface area contributed by atoms with Gasteiger partial charge in [-0.3, -0.25) is 5.10 Å². The van der Waals surface area contributed by atoms with Gasteiger partial charge < -0.3 is 9.05 Å². The van der Waals surface area contributed by atoms with Crippen LogP contribution in [0, 0.1) is 6.92 Å². The summed E-state index contributed by atoms with van der Waals surface area (Å²) in [4.78, 5) is 4.52. The minimum absolute atomic E-state index is 0.424. The second kappa shape index (κ2) is 4.52. The van der Waals surface area contributed by atoms with Gasteiger partial charge in [0.2, 0.25) is 5.82 Å². The van der Waals surface area contributed by atoms with E-state index >= 15 is 0 Å². The molecule has 3 aromatic heterocycles. The third-order valence-electron chi connectivity index (χ3n) is 4.16. The first-order valence-corrected chi connectivity index (χ1v) is 7.55. The van der Waals surface area contributed by atoms with Crippen LogP contribution in [0.3, 0.4) is 0 Å². The van der Waals surface area contributed by atoms with Crippen LogP contribution < -0.4 is 0 Å². The average Bonchev–Trinajstić information content (AvgIpc) is 2.98. The van der Waals surface area contributed by atoms with Gasteiger partial charge in [-0.1, -0.05) is 28.5 Å². The first-order chi connectivity index (χ1) is 11.3. The maximum absolute atomic E-state index is 5.47. The highest BCUT2D eigenvalue weighted by Gasteiger charge is 2.34. The number of benzene rings is 1. The molecule has 0 spiro atoms. The van der Waals surface area contributed by atoms with Crippen LogP contribution in [-0.4, -0.2) is 25.5 Å². The fourth-order valence-electron chi connectivity index (χ4n) is 2.83. The molecule has 23 heavy (non-hydrogen) atoms. The third-order valence-corrected chi connectivity index (χ3v) is 4.16. The van der Waals surface area contributed by atoms with Crippen molar-refractivity contribution in [2.24, 2.45) is 0 Å². The SMILES string of the molecule is Cc1noc(C2CC2)c1-c1nc(-c2n[nH]c3ccccc23)no1. The van der Waals surface area contributed by atoms with Gasteiger partial charge in [0, 0.05) is 11.3 Å². The molecule has 1 saturated carbocycles. The van der Waals surface area contributed by atoms with E-state index in [1.54, 1.807) is 0 Å². The second-order valence-corrected chi connectivity index (χ2v) is 5.82. The summed E-state index contributed by atoms with van der Waals surface area (Å²) in [6.45, 7) is 1.89.